The van der Waals surface area contributed by atoms with E-state index in [-0.39, 0.29) is 5.57 Å². The van der Waals surface area contributed by atoms with Crippen molar-refractivity contribution < 1.29 is 4.79 Å². The summed E-state index contributed by atoms with van der Waals surface area (Å²) in [4.78, 5) is 12.1. The molecule has 2 aromatic rings. The zero-order valence-corrected chi connectivity index (χ0v) is 14.7. The van der Waals surface area contributed by atoms with E-state index < -0.39 is 5.91 Å². The van der Waals surface area contributed by atoms with Gasteiger partial charge in [-0.15, -0.1) is 0 Å². The van der Waals surface area contributed by atoms with E-state index in [2.05, 4.69) is 26.6 Å². The monoisotopic (exact) mass is 409 g/mol. The number of rotatable bonds is 4. The van der Waals surface area contributed by atoms with Crippen molar-refractivity contribution in [1.82, 2.24) is 0 Å². The van der Waals surface area contributed by atoms with Crippen LogP contribution >= 0.6 is 39.1 Å². The molecule has 116 valence electrons. The molecule has 0 aliphatic rings. The predicted molar refractivity (Wildman–Crippen MR) is 96.6 cm³/mol. The molecule has 0 unspecified atom stereocenters. The van der Waals surface area contributed by atoms with Gasteiger partial charge in [0.05, 0.1) is 10.0 Å². The Kier molecular flexibility index (Phi) is 6.05. The lowest BCUT2D eigenvalue weighted by Crippen LogP contribution is -2.14. The van der Waals surface area contributed by atoms with Crippen LogP contribution in [-0.2, 0) is 4.79 Å². The lowest BCUT2D eigenvalue weighted by atomic mass is 10.2. The van der Waals surface area contributed by atoms with Gasteiger partial charge in [0.25, 0.3) is 5.91 Å². The Morgan fingerprint density at radius 2 is 1.74 bits per heavy atom. The largest absolute Gasteiger partial charge is 0.360 e. The molecular formula is C16H10BrCl2N3O. The second-order valence-corrected chi connectivity index (χ2v) is 6.13. The molecule has 0 aliphatic carbocycles. The average Bonchev–Trinajstić information content (AvgIpc) is 2.53. The van der Waals surface area contributed by atoms with Crippen LogP contribution in [0.1, 0.15) is 0 Å². The number of benzene rings is 2. The Bertz CT molecular complexity index is 798. The minimum Gasteiger partial charge on any atom is -0.360 e. The molecule has 0 heterocycles. The molecule has 0 atom stereocenters. The summed E-state index contributed by atoms with van der Waals surface area (Å²) in [5, 5.41) is 15.3. The first-order valence-electron chi connectivity index (χ1n) is 6.38. The van der Waals surface area contributed by atoms with Crippen LogP contribution in [0.25, 0.3) is 0 Å². The van der Waals surface area contributed by atoms with Crippen molar-refractivity contribution in [1.29, 1.82) is 5.26 Å². The molecule has 2 N–H and O–H groups in total. The molecule has 0 saturated heterocycles. The standard InChI is InChI=1S/C16H10BrCl2N3O/c17-11-1-3-12(4-2-11)21-9-10(8-20)16(23)22-13-5-6-14(18)15(19)7-13/h1-7,9,21H,(H,22,23)/b10-9-. The number of nitrogens with one attached hydrogen (secondary N) is 2. The van der Waals surface area contributed by atoms with Gasteiger partial charge in [-0.25, -0.2) is 0 Å². The Labute approximate surface area is 151 Å². The maximum atomic E-state index is 12.1. The zero-order valence-electron chi connectivity index (χ0n) is 11.6. The minimum atomic E-state index is -0.546. The summed E-state index contributed by atoms with van der Waals surface area (Å²) >= 11 is 15.0. The topological polar surface area (TPSA) is 64.9 Å². The highest BCUT2D eigenvalue weighted by atomic mass is 79.9. The first kappa shape index (κ1) is 17.4. The van der Waals surface area contributed by atoms with Gasteiger partial charge in [-0.2, -0.15) is 5.26 Å². The number of amides is 1. The normalized spacial score (nSPS) is 10.8. The van der Waals surface area contributed by atoms with Gasteiger partial charge in [0, 0.05) is 22.0 Å². The summed E-state index contributed by atoms with van der Waals surface area (Å²) in [7, 11) is 0. The molecule has 0 fully saturated rings. The maximum absolute atomic E-state index is 12.1. The smallest absolute Gasteiger partial charge is 0.267 e. The fourth-order valence-electron chi connectivity index (χ4n) is 1.62. The van der Waals surface area contributed by atoms with Crippen LogP contribution in [0.15, 0.2) is 58.7 Å². The molecule has 0 bridgehead atoms. The summed E-state index contributed by atoms with van der Waals surface area (Å²) in [6.45, 7) is 0. The first-order chi connectivity index (χ1) is 11.0. The van der Waals surface area contributed by atoms with Crippen molar-refractivity contribution in [3.05, 3.63) is 68.8 Å². The predicted octanol–water partition coefficient (Wildman–Crippen LogP) is 5.21. The average molecular weight is 411 g/mol. The molecule has 2 aromatic carbocycles. The molecule has 0 saturated carbocycles. The van der Waals surface area contributed by atoms with Gasteiger partial charge in [-0.05, 0) is 42.5 Å². The van der Waals surface area contributed by atoms with Crippen LogP contribution in [0.4, 0.5) is 11.4 Å². The van der Waals surface area contributed by atoms with E-state index in [0.717, 1.165) is 10.2 Å². The fraction of sp³-hybridized carbons (Fsp3) is 0. The fourth-order valence-corrected chi connectivity index (χ4v) is 2.18. The van der Waals surface area contributed by atoms with Crippen LogP contribution < -0.4 is 10.6 Å². The second-order valence-electron chi connectivity index (χ2n) is 4.40. The van der Waals surface area contributed by atoms with Crippen LogP contribution in [0.3, 0.4) is 0 Å². The number of carbonyl (C=O) groups excluding carboxylic acids is 1. The molecule has 1 amide bonds. The van der Waals surface area contributed by atoms with E-state index in [9.17, 15) is 4.79 Å². The van der Waals surface area contributed by atoms with Crippen molar-refractivity contribution in [3.63, 3.8) is 0 Å². The van der Waals surface area contributed by atoms with Gasteiger partial charge in [-0.1, -0.05) is 39.1 Å². The van der Waals surface area contributed by atoms with Gasteiger partial charge >= 0.3 is 0 Å². The number of hydrogen-bond acceptors (Lipinski definition) is 3. The number of hydrogen-bond donors (Lipinski definition) is 2. The third-order valence-corrected chi connectivity index (χ3v) is 4.04. The Balaban J connectivity index is 2.08. The van der Waals surface area contributed by atoms with Crippen molar-refractivity contribution in [2.24, 2.45) is 0 Å². The van der Waals surface area contributed by atoms with Crippen LogP contribution in [-0.4, -0.2) is 5.91 Å². The Morgan fingerprint density at radius 3 is 2.35 bits per heavy atom. The summed E-state index contributed by atoms with van der Waals surface area (Å²) in [6.07, 6.45) is 1.34. The van der Waals surface area contributed by atoms with Gasteiger partial charge in [0.15, 0.2) is 0 Å². The molecule has 4 nitrogen and oxygen atoms in total. The van der Waals surface area contributed by atoms with Gasteiger partial charge in [0.2, 0.25) is 0 Å². The summed E-state index contributed by atoms with van der Waals surface area (Å²) in [5.41, 5.74) is 1.14. The minimum absolute atomic E-state index is 0.0704. The van der Waals surface area contributed by atoms with E-state index in [1.807, 2.05) is 30.3 Å². The number of carbonyl (C=O) groups is 1. The third kappa shape index (κ3) is 5.00. The van der Waals surface area contributed by atoms with Crippen molar-refractivity contribution in [2.45, 2.75) is 0 Å². The highest BCUT2D eigenvalue weighted by Crippen LogP contribution is 2.25. The maximum Gasteiger partial charge on any atom is 0.267 e. The van der Waals surface area contributed by atoms with Crippen molar-refractivity contribution in [2.75, 3.05) is 10.6 Å². The van der Waals surface area contributed by atoms with Gasteiger partial charge < -0.3 is 10.6 Å². The van der Waals surface area contributed by atoms with E-state index in [1.165, 1.54) is 12.3 Å². The van der Waals surface area contributed by atoms with Crippen LogP contribution in [0.5, 0.6) is 0 Å². The third-order valence-electron chi connectivity index (χ3n) is 2.77. The molecule has 0 radical (unpaired) electrons. The molecule has 2 rings (SSSR count). The first-order valence-corrected chi connectivity index (χ1v) is 7.93. The quantitative estimate of drug-likeness (QED) is 0.536. The summed E-state index contributed by atoms with van der Waals surface area (Å²) in [5.74, 6) is -0.546. The number of halogens is 3. The molecule has 0 aromatic heterocycles. The lowest BCUT2D eigenvalue weighted by Gasteiger charge is -2.06. The van der Waals surface area contributed by atoms with E-state index in [0.29, 0.717) is 15.7 Å². The molecule has 0 aliphatic heterocycles. The highest BCUT2D eigenvalue weighted by molar-refractivity contribution is 9.10. The molecule has 23 heavy (non-hydrogen) atoms. The Morgan fingerprint density at radius 1 is 1.09 bits per heavy atom. The number of nitriles is 1. The molecule has 7 heteroatoms. The van der Waals surface area contributed by atoms with Gasteiger partial charge in [0.1, 0.15) is 11.6 Å². The number of anilines is 2. The summed E-state index contributed by atoms with van der Waals surface area (Å²) < 4.78 is 0.935. The van der Waals surface area contributed by atoms with Crippen molar-refractivity contribution in [3.8, 4) is 6.07 Å². The number of nitrogens with zero attached hydrogens (tertiary/aromatic N) is 1. The van der Waals surface area contributed by atoms with Crippen LogP contribution in [0.2, 0.25) is 10.0 Å². The lowest BCUT2D eigenvalue weighted by molar-refractivity contribution is -0.112. The Hall–Kier alpha value is -2.00. The molecular weight excluding hydrogens is 401 g/mol. The van der Waals surface area contributed by atoms with E-state index >= 15 is 0 Å². The van der Waals surface area contributed by atoms with Crippen LogP contribution in [0, 0.1) is 11.3 Å². The zero-order chi connectivity index (χ0) is 16.8. The molecule has 0 spiro atoms. The van der Waals surface area contributed by atoms with Gasteiger partial charge in [-0.3, -0.25) is 4.79 Å². The summed E-state index contributed by atoms with van der Waals surface area (Å²) in [6, 6.07) is 13.8. The van der Waals surface area contributed by atoms with E-state index in [4.69, 9.17) is 28.5 Å². The van der Waals surface area contributed by atoms with E-state index in [1.54, 1.807) is 12.1 Å². The second kappa shape index (κ2) is 8.02. The highest BCUT2D eigenvalue weighted by Gasteiger charge is 2.10. The SMILES string of the molecule is N#C/C(=C/Nc1ccc(Br)cc1)C(=O)Nc1ccc(Cl)c(Cl)c1. The van der Waals surface area contributed by atoms with Crippen molar-refractivity contribution >= 4 is 56.4 Å².